The molecule has 4 nitrogen and oxygen atoms in total. The third kappa shape index (κ3) is 2.75. The molecule has 2 heterocycles. The predicted octanol–water partition coefficient (Wildman–Crippen LogP) is 1.31. The topological polar surface area (TPSA) is 36.4 Å². The van der Waals surface area contributed by atoms with Gasteiger partial charge in [-0.15, -0.1) is 0 Å². The van der Waals surface area contributed by atoms with Crippen LogP contribution in [0.3, 0.4) is 0 Å². The van der Waals surface area contributed by atoms with E-state index in [1.807, 2.05) is 11.1 Å². The van der Waals surface area contributed by atoms with E-state index >= 15 is 0 Å². The molecule has 0 aromatic carbocycles. The molecule has 0 saturated carbocycles. The van der Waals surface area contributed by atoms with Crippen LogP contribution in [0.4, 0.5) is 5.82 Å². The number of pyridine rings is 1. The summed E-state index contributed by atoms with van der Waals surface area (Å²) < 4.78 is 0. The maximum Gasteiger partial charge on any atom is 0.219 e. The van der Waals surface area contributed by atoms with E-state index in [9.17, 15) is 4.79 Å². The van der Waals surface area contributed by atoms with Gasteiger partial charge in [-0.3, -0.25) is 4.79 Å². The molecule has 0 aliphatic carbocycles. The van der Waals surface area contributed by atoms with Gasteiger partial charge in [0.15, 0.2) is 0 Å². The van der Waals surface area contributed by atoms with Crippen molar-refractivity contribution in [2.24, 2.45) is 0 Å². The summed E-state index contributed by atoms with van der Waals surface area (Å²) in [5.41, 5.74) is 1.31. The maximum atomic E-state index is 11.2. The van der Waals surface area contributed by atoms with Crippen LogP contribution in [0.25, 0.3) is 0 Å². The number of nitrogens with zero attached hydrogens (tertiary/aromatic N) is 3. The minimum absolute atomic E-state index is 0.167. The third-order valence-electron chi connectivity index (χ3n) is 3.27. The summed E-state index contributed by atoms with van der Waals surface area (Å²) in [6.45, 7) is 7.12. The van der Waals surface area contributed by atoms with Crippen molar-refractivity contribution in [3.63, 3.8) is 0 Å². The fourth-order valence-electron chi connectivity index (χ4n) is 2.10. The van der Waals surface area contributed by atoms with Crippen molar-refractivity contribution in [3.05, 3.63) is 23.9 Å². The Morgan fingerprint density at radius 3 is 2.65 bits per heavy atom. The number of aromatic nitrogens is 1. The van der Waals surface area contributed by atoms with Crippen LogP contribution in [0.2, 0.25) is 0 Å². The summed E-state index contributed by atoms with van der Waals surface area (Å²) in [4.78, 5) is 19.8. The lowest BCUT2D eigenvalue weighted by atomic mass is 10.2. The predicted molar refractivity (Wildman–Crippen MR) is 68.1 cm³/mol. The van der Waals surface area contributed by atoms with Gasteiger partial charge in [0.1, 0.15) is 5.82 Å². The zero-order chi connectivity index (χ0) is 12.3. The molecule has 0 N–H and O–H groups in total. The molecule has 1 aliphatic rings. The monoisotopic (exact) mass is 233 g/mol. The largest absolute Gasteiger partial charge is 0.353 e. The Balaban J connectivity index is 2.02. The van der Waals surface area contributed by atoms with Crippen molar-refractivity contribution in [2.75, 3.05) is 31.1 Å². The highest BCUT2D eigenvalue weighted by molar-refractivity contribution is 5.73. The molecule has 2 rings (SSSR count). The zero-order valence-electron chi connectivity index (χ0n) is 10.5. The lowest BCUT2D eigenvalue weighted by molar-refractivity contribution is -0.129. The second-order valence-corrected chi connectivity index (χ2v) is 4.37. The molecule has 4 heteroatoms. The number of hydrogen-bond donors (Lipinski definition) is 0. The van der Waals surface area contributed by atoms with Gasteiger partial charge in [-0.25, -0.2) is 4.98 Å². The average Bonchev–Trinajstić information content (AvgIpc) is 2.39. The van der Waals surface area contributed by atoms with E-state index in [-0.39, 0.29) is 5.91 Å². The summed E-state index contributed by atoms with van der Waals surface area (Å²) in [7, 11) is 0. The quantitative estimate of drug-likeness (QED) is 0.773. The van der Waals surface area contributed by atoms with Crippen LogP contribution in [0.1, 0.15) is 19.4 Å². The molecule has 0 radical (unpaired) electrons. The van der Waals surface area contributed by atoms with Crippen LogP contribution in [-0.2, 0) is 11.2 Å². The molecule has 1 saturated heterocycles. The molecular formula is C13H19N3O. The van der Waals surface area contributed by atoms with E-state index in [1.54, 1.807) is 6.92 Å². The van der Waals surface area contributed by atoms with Crippen LogP contribution >= 0.6 is 0 Å². The summed E-state index contributed by atoms with van der Waals surface area (Å²) in [6, 6.07) is 4.19. The van der Waals surface area contributed by atoms with Gasteiger partial charge >= 0.3 is 0 Å². The highest BCUT2D eigenvalue weighted by Crippen LogP contribution is 2.15. The maximum absolute atomic E-state index is 11.2. The smallest absolute Gasteiger partial charge is 0.219 e. The van der Waals surface area contributed by atoms with Crippen molar-refractivity contribution in [2.45, 2.75) is 20.3 Å². The second-order valence-electron chi connectivity index (χ2n) is 4.37. The van der Waals surface area contributed by atoms with Gasteiger partial charge in [-0.05, 0) is 24.1 Å². The SMILES string of the molecule is CCc1ccnc(N2CCN(C(C)=O)CC2)c1. The molecule has 0 bridgehead atoms. The molecule has 0 unspecified atom stereocenters. The van der Waals surface area contributed by atoms with Gasteiger partial charge in [0.25, 0.3) is 0 Å². The minimum Gasteiger partial charge on any atom is -0.353 e. The zero-order valence-corrected chi connectivity index (χ0v) is 10.5. The minimum atomic E-state index is 0.167. The summed E-state index contributed by atoms with van der Waals surface area (Å²) in [6.07, 6.45) is 2.90. The molecule has 0 atom stereocenters. The summed E-state index contributed by atoms with van der Waals surface area (Å²) >= 11 is 0. The summed E-state index contributed by atoms with van der Waals surface area (Å²) in [5, 5.41) is 0. The molecule has 1 aromatic rings. The van der Waals surface area contributed by atoms with Crippen molar-refractivity contribution >= 4 is 11.7 Å². The normalized spacial score (nSPS) is 16.1. The third-order valence-corrected chi connectivity index (χ3v) is 3.27. The number of aryl methyl sites for hydroxylation is 1. The first-order valence-corrected chi connectivity index (χ1v) is 6.16. The van der Waals surface area contributed by atoms with Crippen LogP contribution < -0.4 is 4.90 Å². The number of rotatable bonds is 2. The Morgan fingerprint density at radius 2 is 2.06 bits per heavy atom. The van der Waals surface area contributed by atoms with Crippen molar-refractivity contribution < 1.29 is 4.79 Å². The van der Waals surface area contributed by atoms with Crippen LogP contribution in [0.15, 0.2) is 18.3 Å². The number of carbonyl (C=O) groups is 1. The van der Waals surface area contributed by atoms with Crippen molar-refractivity contribution in [1.29, 1.82) is 0 Å². The number of amides is 1. The van der Waals surface area contributed by atoms with Gasteiger partial charge in [0.2, 0.25) is 5.91 Å². The molecule has 1 aromatic heterocycles. The number of hydrogen-bond acceptors (Lipinski definition) is 3. The standard InChI is InChI=1S/C13H19N3O/c1-3-12-4-5-14-13(10-12)16-8-6-15(7-9-16)11(2)17/h4-5,10H,3,6-9H2,1-2H3. The Hall–Kier alpha value is -1.58. The number of piperazine rings is 1. The molecule has 1 fully saturated rings. The van der Waals surface area contributed by atoms with Gasteiger partial charge < -0.3 is 9.80 Å². The van der Waals surface area contributed by atoms with Crippen molar-refractivity contribution in [3.8, 4) is 0 Å². The van der Waals surface area contributed by atoms with E-state index in [2.05, 4.69) is 28.9 Å². The molecule has 92 valence electrons. The van der Waals surface area contributed by atoms with Crippen LogP contribution in [0.5, 0.6) is 0 Å². The Labute approximate surface area is 102 Å². The van der Waals surface area contributed by atoms with Gasteiger partial charge in [-0.1, -0.05) is 6.92 Å². The fourth-order valence-corrected chi connectivity index (χ4v) is 2.10. The first kappa shape index (κ1) is 11.9. The van der Waals surface area contributed by atoms with Crippen molar-refractivity contribution in [1.82, 2.24) is 9.88 Å². The van der Waals surface area contributed by atoms with E-state index in [4.69, 9.17) is 0 Å². The molecule has 1 amide bonds. The highest BCUT2D eigenvalue weighted by atomic mass is 16.2. The van der Waals surface area contributed by atoms with Gasteiger partial charge in [0, 0.05) is 39.3 Å². The Kier molecular flexibility index (Phi) is 3.61. The van der Waals surface area contributed by atoms with Crippen LogP contribution in [-0.4, -0.2) is 42.0 Å². The van der Waals surface area contributed by atoms with E-state index in [0.29, 0.717) is 0 Å². The van der Waals surface area contributed by atoms with Gasteiger partial charge in [0.05, 0.1) is 0 Å². The van der Waals surface area contributed by atoms with E-state index < -0.39 is 0 Å². The van der Waals surface area contributed by atoms with E-state index in [1.165, 1.54) is 5.56 Å². The lowest BCUT2D eigenvalue weighted by Gasteiger charge is -2.35. The first-order valence-electron chi connectivity index (χ1n) is 6.16. The number of carbonyl (C=O) groups excluding carboxylic acids is 1. The number of anilines is 1. The Bertz CT molecular complexity index is 397. The summed E-state index contributed by atoms with van der Waals surface area (Å²) in [5.74, 6) is 1.20. The first-order chi connectivity index (χ1) is 8.20. The van der Waals surface area contributed by atoms with Crippen LogP contribution in [0, 0.1) is 0 Å². The van der Waals surface area contributed by atoms with Gasteiger partial charge in [-0.2, -0.15) is 0 Å². The fraction of sp³-hybridized carbons (Fsp3) is 0.538. The van der Waals surface area contributed by atoms with E-state index in [0.717, 1.165) is 38.4 Å². The lowest BCUT2D eigenvalue weighted by Crippen LogP contribution is -2.48. The average molecular weight is 233 g/mol. The molecule has 0 spiro atoms. The molecule has 17 heavy (non-hydrogen) atoms. The Morgan fingerprint density at radius 1 is 1.35 bits per heavy atom. The molecule has 1 aliphatic heterocycles. The second kappa shape index (κ2) is 5.17. The molecular weight excluding hydrogens is 214 g/mol. The highest BCUT2D eigenvalue weighted by Gasteiger charge is 2.19.